The van der Waals surface area contributed by atoms with Crippen LogP contribution >= 0.6 is 0 Å². The van der Waals surface area contributed by atoms with E-state index in [0.717, 1.165) is 38.5 Å². The fourth-order valence-corrected chi connectivity index (χ4v) is 4.89. The van der Waals surface area contributed by atoms with Crippen LogP contribution in [0.3, 0.4) is 0 Å². The molecule has 3 unspecified atom stereocenters. The van der Waals surface area contributed by atoms with Gasteiger partial charge in [-0.05, 0) is 50.4 Å². The van der Waals surface area contributed by atoms with Crippen molar-refractivity contribution < 1.29 is 14.6 Å². The predicted octanol–water partition coefficient (Wildman–Crippen LogP) is 2.70. The van der Waals surface area contributed by atoms with Gasteiger partial charge in [-0.25, -0.2) is 0 Å². The van der Waals surface area contributed by atoms with Gasteiger partial charge in [0.2, 0.25) is 0 Å². The first kappa shape index (κ1) is 13.6. The molecule has 4 saturated carbocycles. The van der Waals surface area contributed by atoms with Crippen LogP contribution in [0.4, 0.5) is 0 Å². The van der Waals surface area contributed by atoms with Crippen LogP contribution in [0, 0.1) is 17.8 Å². The summed E-state index contributed by atoms with van der Waals surface area (Å²) in [5, 5.41) is 10.6. The number of carbonyl (C=O) groups excluding carboxylic acids is 1. The average molecular weight is 266 g/mol. The number of carbonyl (C=O) groups is 1. The maximum atomic E-state index is 12.0. The highest BCUT2D eigenvalue weighted by Gasteiger charge is 2.58. The predicted molar refractivity (Wildman–Crippen MR) is 72.8 cm³/mol. The second kappa shape index (κ2) is 4.56. The third-order valence-corrected chi connectivity index (χ3v) is 5.66. The van der Waals surface area contributed by atoms with E-state index in [1.165, 1.54) is 6.42 Å². The molecule has 0 heterocycles. The number of aliphatic hydroxyl groups is 1. The van der Waals surface area contributed by atoms with E-state index in [-0.39, 0.29) is 23.9 Å². The van der Waals surface area contributed by atoms with Crippen LogP contribution in [-0.2, 0) is 9.53 Å². The number of hydrogen-bond acceptors (Lipinski definition) is 3. The normalized spacial score (nSPS) is 45.4. The fourth-order valence-electron chi connectivity index (χ4n) is 4.89. The number of rotatable bonds is 5. The monoisotopic (exact) mass is 266 g/mol. The molecule has 0 aliphatic heterocycles. The first-order valence-electron chi connectivity index (χ1n) is 7.83. The number of hydrogen-bond donors (Lipinski definition) is 1. The Hall–Kier alpha value is -0.410. The molecule has 3 heteroatoms. The summed E-state index contributed by atoms with van der Waals surface area (Å²) in [6.07, 6.45) is 6.90. The van der Waals surface area contributed by atoms with Crippen LogP contribution in [0.5, 0.6) is 0 Å². The van der Waals surface area contributed by atoms with Gasteiger partial charge in [0.25, 0.3) is 0 Å². The molecular formula is C16H26O3. The third kappa shape index (κ3) is 2.47. The van der Waals surface area contributed by atoms with E-state index in [0.29, 0.717) is 11.8 Å². The van der Waals surface area contributed by atoms with Crippen molar-refractivity contribution in [2.45, 2.75) is 70.0 Å². The quantitative estimate of drug-likeness (QED) is 0.832. The van der Waals surface area contributed by atoms with Gasteiger partial charge in [-0.15, -0.1) is 0 Å². The lowest BCUT2D eigenvalue weighted by atomic mass is 9.52. The lowest BCUT2D eigenvalue weighted by molar-refractivity contribution is -0.219. The molecule has 0 aromatic heterocycles. The summed E-state index contributed by atoms with van der Waals surface area (Å²) in [7, 11) is 0. The van der Waals surface area contributed by atoms with Crippen molar-refractivity contribution in [1.82, 2.24) is 0 Å². The summed E-state index contributed by atoms with van der Waals surface area (Å²) in [4.78, 5) is 12.0. The van der Waals surface area contributed by atoms with Crippen LogP contribution in [-0.4, -0.2) is 28.7 Å². The molecule has 108 valence electrons. The molecule has 3 atom stereocenters. The molecule has 0 aromatic rings. The Balaban J connectivity index is 1.66. The minimum atomic E-state index is -0.497. The van der Waals surface area contributed by atoms with Gasteiger partial charge in [-0.1, -0.05) is 13.8 Å². The van der Waals surface area contributed by atoms with Crippen LogP contribution < -0.4 is 0 Å². The third-order valence-electron chi connectivity index (χ3n) is 5.66. The largest absolute Gasteiger partial charge is 0.390 e. The number of ketones is 1. The molecule has 4 fully saturated rings. The lowest BCUT2D eigenvalue weighted by Crippen LogP contribution is -2.60. The molecule has 0 aromatic carbocycles. The van der Waals surface area contributed by atoms with Gasteiger partial charge in [0, 0.05) is 12.3 Å². The Morgan fingerprint density at radius 1 is 1.32 bits per heavy atom. The standard InChI is InChI=1S/C16H26O3/c1-3-11(2)14(17)9-19-16-7-12-4-13(8-16)6-15(18,5-12)10-16/h11-13,18H,3-10H2,1-2H3. The lowest BCUT2D eigenvalue weighted by Gasteiger charge is -2.59. The van der Waals surface area contributed by atoms with Crippen molar-refractivity contribution in [2.24, 2.45) is 17.8 Å². The summed E-state index contributed by atoms with van der Waals surface area (Å²) >= 11 is 0. The molecule has 1 N–H and O–H groups in total. The molecule has 4 aliphatic rings. The fraction of sp³-hybridized carbons (Fsp3) is 0.938. The van der Waals surface area contributed by atoms with Crippen molar-refractivity contribution >= 4 is 5.78 Å². The van der Waals surface area contributed by atoms with Gasteiger partial charge in [-0.2, -0.15) is 0 Å². The van der Waals surface area contributed by atoms with E-state index in [2.05, 4.69) is 0 Å². The highest BCUT2D eigenvalue weighted by atomic mass is 16.5. The summed E-state index contributed by atoms with van der Waals surface area (Å²) in [5.74, 6) is 1.54. The van der Waals surface area contributed by atoms with Gasteiger partial charge in [0.05, 0.1) is 11.2 Å². The average Bonchev–Trinajstić information content (AvgIpc) is 2.32. The molecule has 0 radical (unpaired) electrons. The maximum Gasteiger partial charge on any atom is 0.161 e. The van der Waals surface area contributed by atoms with Gasteiger partial charge in [0.1, 0.15) is 6.61 Å². The number of Topliss-reactive ketones (excluding diaryl/α,β-unsaturated/α-hetero) is 1. The minimum Gasteiger partial charge on any atom is -0.390 e. The second-order valence-electron chi connectivity index (χ2n) is 7.43. The highest BCUT2D eigenvalue weighted by Crippen LogP contribution is 2.58. The van der Waals surface area contributed by atoms with Crippen molar-refractivity contribution in [3.8, 4) is 0 Å². The Labute approximate surface area is 115 Å². The number of ether oxygens (including phenoxy) is 1. The highest BCUT2D eigenvalue weighted by molar-refractivity contribution is 5.81. The molecule has 4 bridgehead atoms. The summed E-state index contributed by atoms with van der Waals surface area (Å²) in [6, 6.07) is 0. The van der Waals surface area contributed by atoms with E-state index in [1.807, 2.05) is 13.8 Å². The van der Waals surface area contributed by atoms with Crippen LogP contribution in [0.1, 0.15) is 58.8 Å². The van der Waals surface area contributed by atoms with E-state index in [1.54, 1.807) is 0 Å². The van der Waals surface area contributed by atoms with Gasteiger partial charge >= 0.3 is 0 Å². The topological polar surface area (TPSA) is 46.5 Å². The SMILES string of the molecule is CCC(C)C(=O)COC12CC3CC(CC(O)(C3)C1)C2. The van der Waals surface area contributed by atoms with E-state index in [9.17, 15) is 9.90 Å². The first-order valence-corrected chi connectivity index (χ1v) is 7.83. The van der Waals surface area contributed by atoms with Crippen molar-refractivity contribution in [3.63, 3.8) is 0 Å². The van der Waals surface area contributed by atoms with E-state index >= 15 is 0 Å². The zero-order valence-electron chi connectivity index (χ0n) is 12.2. The van der Waals surface area contributed by atoms with E-state index < -0.39 is 5.60 Å². The smallest absolute Gasteiger partial charge is 0.161 e. The van der Waals surface area contributed by atoms with Gasteiger partial charge in [0.15, 0.2) is 5.78 Å². The van der Waals surface area contributed by atoms with Gasteiger partial charge in [-0.3, -0.25) is 4.79 Å². The molecular weight excluding hydrogens is 240 g/mol. The van der Waals surface area contributed by atoms with E-state index in [4.69, 9.17) is 4.74 Å². The molecule has 0 spiro atoms. The second-order valence-corrected chi connectivity index (χ2v) is 7.43. The summed E-state index contributed by atoms with van der Waals surface area (Å²) in [5.41, 5.74) is -0.689. The molecule has 4 rings (SSSR count). The Kier molecular flexibility index (Phi) is 3.25. The van der Waals surface area contributed by atoms with Crippen molar-refractivity contribution in [2.75, 3.05) is 6.61 Å². The van der Waals surface area contributed by atoms with Crippen LogP contribution in [0.2, 0.25) is 0 Å². The molecule has 3 nitrogen and oxygen atoms in total. The first-order chi connectivity index (χ1) is 8.94. The van der Waals surface area contributed by atoms with Gasteiger partial charge < -0.3 is 9.84 Å². The molecule has 19 heavy (non-hydrogen) atoms. The minimum absolute atomic E-state index is 0.0944. The Morgan fingerprint density at radius 2 is 1.95 bits per heavy atom. The molecule has 0 amide bonds. The zero-order chi connectivity index (χ0) is 13.7. The molecule has 4 aliphatic carbocycles. The summed E-state index contributed by atoms with van der Waals surface area (Å²) in [6.45, 7) is 4.25. The Bertz CT molecular complexity index is 362. The summed E-state index contributed by atoms with van der Waals surface area (Å²) < 4.78 is 6.08. The maximum absolute atomic E-state index is 12.0. The van der Waals surface area contributed by atoms with Crippen LogP contribution in [0.15, 0.2) is 0 Å². The van der Waals surface area contributed by atoms with Crippen LogP contribution in [0.25, 0.3) is 0 Å². The molecule has 0 saturated heterocycles. The zero-order valence-corrected chi connectivity index (χ0v) is 12.2. The van der Waals surface area contributed by atoms with Crippen molar-refractivity contribution in [1.29, 1.82) is 0 Å². The Morgan fingerprint density at radius 3 is 2.47 bits per heavy atom. The van der Waals surface area contributed by atoms with Crippen molar-refractivity contribution in [3.05, 3.63) is 0 Å².